The van der Waals surface area contributed by atoms with Crippen LogP contribution in [0.2, 0.25) is 0 Å². The van der Waals surface area contributed by atoms with Crippen molar-refractivity contribution in [2.24, 2.45) is 11.7 Å². The lowest BCUT2D eigenvalue weighted by molar-refractivity contribution is 0.396. The first-order valence-electron chi connectivity index (χ1n) is 7.57. The van der Waals surface area contributed by atoms with Crippen LogP contribution < -0.4 is 5.73 Å². The zero-order valence-electron chi connectivity index (χ0n) is 11.5. The molecule has 1 saturated carbocycles. The molecule has 100 valence electrons. The summed E-state index contributed by atoms with van der Waals surface area (Å²) in [5.41, 5.74) is 7.84. The van der Waals surface area contributed by atoms with Crippen LogP contribution in [0.15, 0.2) is 42.5 Å². The molecule has 1 nitrogen and oxygen atoms in total. The largest absolute Gasteiger partial charge is 0.327 e. The minimum Gasteiger partial charge on any atom is -0.327 e. The fraction of sp³-hybridized carbons (Fsp3) is 0.444. The molecule has 1 aliphatic rings. The van der Waals surface area contributed by atoms with Gasteiger partial charge in [-0.2, -0.15) is 0 Å². The Balaban J connectivity index is 1.88. The average molecular weight is 253 g/mol. The first-order chi connectivity index (χ1) is 9.34. The Kier molecular flexibility index (Phi) is 3.84. The molecule has 0 amide bonds. The van der Waals surface area contributed by atoms with Crippen molar-refractivity contribution in [3.05, 3.63) is 48.0 Å². The third kappa shape index (κ3) is 2.82. The van der Waals surface area contributed by atoms with Gasteiger partial charge in [0.15, 0.2) is 0 Å². The standard InChI is InChI=1S/C18H23N/c19-18-12-3-1-2-8-16(18)13-15-10-6-9-14-7-4-5-11-17(14)15/h4-7,9-11,16,18H,1-3,8,12-13,19H2. The van der Waals surface area contributed by atoms with E-state index in [2.05, 4.69) is 42.5 Å². The first-order valence-corrected chi connectivity index (χ1v) is 7.57. The quantitative estimate of drug-likeness (QED) is 0.794. The van der Waals surface area contributed by atoms with Crippen molar-refractivity contribution in [3.8, 4) is 0 Å². The molecule has 0 aromatic heterocycles. The van der Waals surface area contributed by atoms with Gasteiger partial charge in [-0.1, -0.05) is 61.7 Å². The van der Waals surface area contributed by atoms with E-state index >= 15 is 0 Å². The molecule has 2 unspecified atom stereocenters. The van der Waals surface area contributed by atoms with Crippen LogP contribution >= 0.6 is 0 Å². The van der Waals surface area contributed by atoms with Crippen molar-refractivity contribution in [2.45, 2.75) is 44.6 Å². The van der Waals surface area contributed by atoms with E-state index in [1.807, 2.05) is 0 Å². The average Bonchev–Trinajstić information content (AvgIpc) is 2.65. The van der Waals surface area contributed by atoms with Gasteiger partial charge in [0.1, 0.15) is 0 Å². The summed E-state index contributed by atoms with van der Waals surface area (Å²) in [6.07, 6.45) is 7.67. The Bertz CT molecular complexity index is 541. The van der Waals surface area contributed by atoms with Crippen LogP contribution in [0.25, 0.3) is 10.8 Å². The fourth-order valence-corrected chi connectivity index (χ4v) is 3.42. The third-order valence-electron chi connectivity index (χ3n) is 4.58. The summed E-state index contributed by atoms with van der Waals surface area (Å²) in [5.74, 6) is 0.660. The maximum Gasteiger partial charge on any atom is 0.00703 e. The normalized spacial score (nSPS) is 24.3. The lowest BCUT2D eigenvalue weighted by atomic mass is 9.87. The van der Waals surface area contributed by atoms with E-state index in [1.54, 1.807) is 0 Å². The fourth-order valence-electron chi connectivity index (χ4n) is 3.42. The topological polar surface area (TPSA) is 26.0 Å². The van der Waals surface area contributed by atoms with Gasteiger partial charge in [-0.25, -0.2) is 0 Å². The molecule has 2 aromatic rings. The van der Waals surface area contributed by atoms with E-state index in [0.29, 0.717) is 12.0 Å². The van der Waals surface area contributed by atoms with Gasteiger partial charge in [0, 0.05) is 6.04 Å². The van der Waals surface area contributed by atoms with Crippen molar-refractivity contribution >= 4 is 10.8 Å². The minimum absolute atomic E-state index is 0.390. The number of rotatable bonds is 2. The van der Waals surface area contributed by atoms with Crippen LogP contribution in [0.5, 0.6) is 0 Å². The third-order valence-corrected chi connectivity index (χ3v) is 4.58. The van der Waals surface area contributed by atoms with Crippen molar-refractivity contribution in [1.82, 2.24) is 0 Å². The van der Waals surface area contributed by atoms with Crippen LogP contribution in [-0.4, -0.2) is 6.04 Å². The molecule has 19 heavy (non-hydrogen) atoms. The number of fused-ring (bicyclic) bond motifs is 1. The van der Waals surface area contributed by atoms with E-state index in [-0.39, 0.29) is 0 Å². The summed E-state index contributed by atoms with van der Waals surface area (Å²) >= 11 is 0. The number of benzene rings is 2. The van der Waals surface area contributed by atoms with Gasteiger partial charge >= 0.3 is 0 Å². The molecule has 0 spiro atoms. The maximum absolute atomic E-state index is 6.37. The highest BCUT2D eigenvalue weighted by Gasteiger charge is 2.21. The SMILES string of the molecule is NC1CCCCCC1Cc1cccc2ccccc12. The van der Waals surface area contributed by atoms with Gasteiger partial charge in [0.2, 0.25) is 0 Å². The molecule has 0 bridgehead atoms. The van der Waals surface area contributed by atoms with Crippen molar-refractivity contribution in [2.75, 3.05) is 0 Å². The van der Waals surface area contributed by atoms with Gasteiger partial charge in [0.25, 0.3) is 0 Å². The Hall–Kier alpha value is -1.34. The van der Waals surface area contributed by atoms with Gasteiger partial charge in [0.05, 0.1) is 0 Å². The predicted octanol–water partition coefficient (Wildman–Crippen LogP) is 4.29. The molecular weight excluding hydrogens is 230 g/mol. The van der Waals surface area contributed by atoms with E-state index in [0.717, 1.165) is 6.42 Å². The molecule has 0 heterocycles. The Labute approximate surface area is 115 Å². The Morgan fingerprint density at radius 2 is 1.68 bits per heavy atom. The molecule has 0 saturated heterocycles. The smallest absolute Gasteiger partial charge is 0.00703 e. The van der Waals surface area contributed by atoms with Crippen LogP contribution in [0.1, 0.15) is 37.7 Å². The van der Waals surface area contributed by atoms with Crippen molar-refractivity contribution in [3.63, 3.8) is 0 Å². The zero-order valence-corrected chi connectivity index (χ0v) is 11.5. The number of hydrogen-bond donors (Lipinski definition) is 1. The molecular formula is C18H23N. The van der Waals surface area contributed by atoms with Crippen LogP contribution in [0, 0.1) is 5.92 Å². The highest BCUT2D eigenvalue weighted by Crippen LogP contribution is 2.28. The first kappa shape index (κ1) is 12.7. The molecule has 1 aliphatic carbocycles. The maximum atomic E-state index is 6.37. The molecule has 3 rings (SSSR count). The van der Waals surface area contributed by atoms with Gasteiger partial charge < -0.3 is 5.73 Å². The van der Waals surface area contributed by atoms with E-state index in [1.165, 1.54) is 48.4 Å². The summed E-state index contributed by atoms with van der Waals surface area (Å²) in [6, 6.07) is 15.7. The molecule has 1 heteroatoms. The minimum atomic E-state index is 0.390. The summed E-state index contributed by atoms with van der Waals surface area (Å²) in [7, 11) is 0. The summed E-state index contributed by atoms with van der Waals surface area (Å²) < 4.78 is 0. The summed E-state index contributed by atoms with van der Waals surface area (Å²) in [4.78, 5) is 0. The zero-order chi connectivity index (χ0) is 13.1. The number of hydrogen-bond acceptors (Lipinski definition) is 1. The molecule has 0 aliphatic heterocycles. The van der Waals surface area contributed by atoms with Crippen LogP contribution in [-0.2, 0) is 6.42 Å². The number of nitrogens with two attached hydrogens (primary N) is 1. The van der Waals surface area contributed by atoms with Gasteiger partial charge in [-0.3, -0.25) is 0 Å². The highest BCUT2D eigenvalue weighted by molar-refractivity contribution is 5.85. The Morgan fingerprint density at radius 3 is 2.63 bits per heavy atom. The molecule has 2 aromatic carbocycles. The lowest BCUT2D eigenvalue weighted by Crippen LogP contribution is -2.30. The molecule has 0 radical (unpaired) electrons. The van der Waals surface area contributed by atoms with Gasteiger partial charge in [-0.15, -0.1) is 0 Å². The Morgan fingerprint density at radius 1 is 0.895 bits per heavy atom. The van der Waals surface area contributed by atoms with E-state index in [4.69, 9.17) is 5.73 Å². The van der Waals surface area contributed by atoms with E-state index < -0.39 is 0 Å². The molecule has 2 atom stereocenters. The van der Waals surface area contributed by atoms with Crippen molar-refractivity contribution in [1.29, 1.82) is 0 Å². The lowest BCUT2D eigenvalue weighted by Gasteiger charge is -2.22. The molecule has 1 fully saturated rings. The summed E-state index contributed by atoms with van der Waals surface area (Å²) in [6.45, 7) is 0. The second-order valence-corrected chi connectivity index (χ2v) is 5.90. The second-order valence-electron chi connectivity index (χ2n) is 5.90. The monoisotopic (exact) mass is 253 g/mol. The van der Waals surface area contributed by atoms with Crippen molar-refractivity contribution < 1.29 is 0 Å². The molecule has 2 N–H and O–H groups in total. The van der Waals surface area contributed by atoms with Gasteiger partial charge in [-0.05, 0) is 41.5 Å². The van der Waals surface area contributed by atoms with Crippen LogP contribution in [0.4, 0.5) is 0 Å². The predicted molar refractivity (Wildman–Crippen MR) is 82.2 cm³/mol. The highest BCUT2D eigenvalue weighted by atomic mass is 14.6. The summed E-state index contributed by atoms with van der Waals surface area (Å²) in [5, 5.41) is 2.75. The van der Waals surface area contributed by atoms with E-state index in [9.17, 15) is 0 Å². The second kappa shape index (κ2) is 5.75. The van der Waals surface area contributed by atoms with Crippen LogP contribution in [0.3, 0.4) is 0 Å².